The lowest BCUT2D eigenvalue weighted by Crippen LogP contribution is -2.35. The molecule has 0 aliphatic carbocycles. The van der Waals surface area contributed by atoms with E-state index in [0.717, 1.165) is 16.5 Å². The summed E-state index contributed by atoms with van der Waals surface area (Å²) in [5.41, 5.74) is 6.86. The standard InChI is InChI=1S/C13H19BrFN/c1-13(2,3)12(16)7-4-9-8-10(14)5-6-11(9)15/h5-6,8,12H,4,7,16H2,1-3H3. The Balaban J connectivity index is 2.64. The third-order valence-corrected chi connectivity index (χ3v) is 3.34. The lowest BCUT2D eigenvalue weighted by atomic mass is 9.84. The minimum absolute atomic E-state index is 0.0719. The molecule has 1 atom stereocenters. The molecule has 0 radical (unpaired) electrons. The molecule has 0 aromatic heterocycles. The van der Waals surface area contributed by atoms with Crippen molar-refractivity contribution < 1.29 is 4.39 Å². The highest BCUT2D eigenvalue weighted by atomic mass is 79.9. The molecule has 0 heterocycles. The topological polar surface area (TPSA) is 26.0 Å². The number of rotatable bonds is 3. The lowest BCUT2D eigenvalue weighted by Gasteiger charge is -2.27. The van der Waals surface area contributed by atoms with E-state index in [4.69, 9.17) is 5.73 Å². The van der Waals surface area contributed by atoms with Crippen LogP contribution in [-0.2, 0) is 6.42 Å². The second-order valence-corrected chi connectivity index (χ2v) is 6.16. The molecule has 0 bridgehead atoms. The lowest BCUT2D eigenvalue weighted by molar-refractivity contribution is 0.305. The van der Waals surface area contributed by atoms with Crippen molar-refractivity contribution in [3.63, 3.8) is 0 Å². The summed E-state index contributed by atoms with van der Waals surface area (Å²) < 4.78 is 14.4. The Morgan fingerprint density at radius 2 is 2.00 bits per heavy atom. The first-order valence-electron chi connectivity index (χ1n) is 5.50. The van der Waals surface area contributed by atoms with Crippen LogP contribution in [0.1, 0.15) is 32.8 Å². The van der Waals surface area contributed by atoms with Gasteiger partial charge in [-0.05, 0) is 42.0 Å². The first-order chi connectivity index (χ1) is 7.30. The van der Waals surface area contributed by atoms with E-state index in [1.807, 2.05) is 6.07 Å². The summed E-state index contributed by atoms with van der Waals surface area (Å²) in [6.45, 7) is 6.32. The predicted octanol–water partition coefficient (Wildman–Crippen LogP) is 3.89. The van der Waals surface area contributed by atoms with Crippen LogP contribution >= 0.6 is 15.9 Å². The first-order valence-corrected chi connectivity index (χ1v) is 6.29. The summed E-state index contributed by atoms with van der Waals surface area (Å²) in [5, 5.41) is 0. The van der Waals surface area contributed by atoms with E-state index in [1.54, 1.807) is 6.07 Å². The van der Waals surface area contributed by atoms with Gasteiger partial charge in [-0.25, -0.2) is 4.39 Å². The molecule has 0 aliphatic heterocycles. The van der Waals surface area contributed by atoms with Crippen LogP contribution in [0.15, 0.2) is 22.7 Å². The van der Waals surface area contributed by atoms with Gasteiger partial charge < -0.3 is 5.73 Å². The van der Waals surface area contributed by atoms with Crippen LogP contribution in [0, 0.1) is 11.2 Å². The Morgan fingerprint density at radius 1 is 1.38 bits per heavy atom. The van der Waals surface area contributed by atoms with Crippen LogP contribution < -0.4 is 5.73 Å². The molecule has 1 nitrogen and oxygen atoms in total. The van der Waals surface area contributed by atoms with Gasteiger partial charge in [0.15, 0.2) is 0 Å². The van der Waals surface area contributed by atoms with Crippen molar-refractivity contribution >= 4 is 15.9 Å². The van der Waals surface area contributed by atoms with Crippen LogP contribution in [0.25, 0.3) is 0 Å². The number of hydrogen-bond acceptors (Lipinski definition) is 1. The Hall–Kier alpha value is -0.410. The van der Waals surface area contributed by atoms with Gasteiger partial charge in [0.2, 0.25) is 0 Å². The second-order valence-electron chi connectivity index (χ2n) is 5.25. The highest BCUT2D eigenvalue weighted by Gasteiger charge is 2.20. The van der Waals surface area contributed by atoms with Crippen LogP contribution in [0.2, 0.25) is 0 Å². The Morgan fingerprint density at radius 3 is 2.56 bits per heavy atom. The van der Waals surface area contributed by atoms with Crippen molar-refractivity contribution in [3.05, 3.63) is 34.1 Å². The van der Waals surface area contributed by atoms with E-state index in [-0.39, 0.29) is 17.3 Å². The zero-order valence-electron chi connectivity index (χ0n) is 10.1. The summed E-state index contributed by atoms with van der Waals surface area (Å²) in [6, 6.07) is 5.11. The summed E-state index contributed by atoms with van der Waals surface area (Å²) in [7, 11) is 0. The molecule has 1 aromatic carbocycles. The van der Waals surface area contributed by atoms with E-state index in [1.165, 1.54) is 6.07 Å². The molecule has 16 heavy (non-hydrogen) atoms. The molecule has 0 saturated carbocycles. The highest BCUT2D eigenvalue weighted by molar-refractivity contribution is 9.10. The van der Waals surface area contributed by atoms with Crippen LogP contribution in [0.4, 0.5) is 4.39 Å². The molecule has 0 saturated heterocycles. The first kappa shape index (κ1) is 13.7. The molecule has 0 fully saturated rings. The van der Waals surface area contributed by atoms with Crippen molar-refractivity contribution in [2.75, 3.05) is 0 Å². The van der Waals surface area contributed by atoms with Gasteiger partial charge in [-0.2, -0.15) is 0 Å². The van der Waals surface area contributed by atoms with Crippen LogP contribution in [-0.4, -0.2) is 6.04 Å². The Kier molecular flexibility index (Phi) is 4.51. The molecule has 90 valence electrons. The van der Waals surface area contributed by atoms with E-state index < -0.39 is 0 Å². The summed E-state index contributed by atoms with van der Waals surface area (Å²) >= 11 is 3.34. The van der Waals surface area contributed by atoms with Crippen molar-refractivity contribution in [2.24, 2.45) is 11.1 Å². The molecular formula is C13H19BrFN. The normalized spacial score (nSPS) is 13.9. The van der Waals surface area contributed by atoms with Gasteiger partial charge in [-0.15, -0.1) is 0 Å². The summed E-state index contributed by atoms with van der Waals surface area (Å²) in [6.07, 6.45) is 1.49. The van der Waals surface area contributed by atoms with Crippen molar-refractivity contribution in [3.8, 4) is 0 Å². The van der Waals surface area contributed by atoms with Gasteiger partial charge >= 0.3 is 0 Å². The summed E-state index contributed by atoms with van der Waals surface area (Å²) in [4.78, 5) is 0. The van der Waals surface area contributed by atoms with Crippen LogP contribution in [0.3, 0.4) is 0 Å². The number of hydrogen-bond donors (Lipinski definition) is 1. The zero-order chi connectivity index (χ0) is 12.3. The Labute approximate surface area is 105 Å². The van der Waals surface area contributed by atoms with Gasteiger partial charge in [0.25, 0.3) is 0 Å². The molecular weight excluding hydrogens is 269 g/mol. The minimum Gasteiger partial charge on any atom is -0.327 e. The maximum Gasteiger partial charge on any atom is 0.126 e. The predicted molar refractivity (Wildman–Crippen MR) is 69.9 cm³/mol. The fraction of sp³-hybridized carbons (Fsp3) is 0.538. The van der Waals surface area contributed by atoms with Crippen molar-refractivity contribution in [2.45, 2.75) is 39.7 Å². The average Bonchev–Trinajstić information content (AvgIpc) is 2.17. The fourth-order valence-electron chi connectivity index (χ4n) is 1.48. The fourth-order valence-corrected chi connectivity index (χ4v) is 1.89. The average molecular weight is 288 g/mol. The van der Waals surface area contributed by atoms with Crippen LogP contribution in [0.5, 0.6) is 0 Å². The van der Waals surface area contributed by atoms with Crippen molar-refractivity contribution in [1.29, 1.82) is 0 Å². The number of benzene rings is 1. The number of nitrogens with two attached hydrogens (primary N) is 1. The van der Waals surface area contributed by atoms with Gasteiger partial charge in [0.1, 0.15) is 5.82 Å². The largest absolute Gasteiger partial charge is 0.327 e. The Bertz CT molecular complexity index is 357. The smallest absolute Gasteiger partial charge is 0.126 e. The molecule has 0 amide bonds. The van der Waals surface area contributed by atoms with Gasteiger partial charge in [-0.3, -0.25) is 0 Å². The highest BCUT2D eigenvalue weighted by Crippen LogP contribution is 2.23. The van der Waals surface area contributed by atoms with E-state index in [9.17, 15) is 4.39 Å². The molecule has 1 rings (SSSR count). The second kappa shape index (κ2) is 5.28. The van der Waals surface area contributed by atoms with E-state index >= 15 is 0 Å². The minimum atomic E-state index is -0.149. The van der Waals surface area contributed by atoms with Gasteiger partial charge in [0, 0.05) is 10.5 Å². The molecule has 1 unspecified atom stereocenters. The molecule has 2 N–H and O–H groups in total. The quantitative estimate of drug-likeness (QED) is 0.897. The van der Waals surface area contributed by atoms with Gasteiger partial charge in [-0.1, -0.05) is 36.7 Å². The van der Waals surface area contributed by atoms with Gasteiger partial charge in [0.05, 0.1) is 0 Å². The zero-order valence-corrected chi connectivity index (χ0v) is 11.6. The SMILES string of the molecule is CC(C)(C)C(N)CCc1cc(Br)ccc1F. The molecule has 0 spiro atoms. The molecule has 1 aromatic rings. The molecule has 0 aliphatic rings. The third-order valence-electron chi connectivity index (χ3n) is 2.84. The maximum atomic E-state index is 13.5. The molecule has 3 heteroatoms. The van der Waals surface area contributed by atoms with E-state index in [2.05, 4.69) is 36.7 Å². The van der Waals surface area contributed by atoms with Crippen molar-refractivity contribution in [1.82, 2.24) is 0 Å². The summed E-state index contributed by atoms with van der Waals surface area (Å²) in [5.74, 6) is -0.149. The third kappa shape index (κ3) is 3.87. The monoisotopic (exact) mass is 287 g/mol. The number of aryl methyl sites for hydroxylation is 1. The maximum absolute atomic E-state index is 13.5. The van der Waals surface area contributed by atoms with E-state index in [0.29, 0.717) is 6.42 Å². The number of halogens is 2.